The molecule has 3 heteroatoms. The predicted octanol–water partition coefficient (Wildman–Crippen LogP) is 0.777. The van der Waals surface area contributed by atoms with Crippen molar-refractivity contribution >= 4 is 0 Å². The SMILES string of the molecule is F[C@H]1Cc2cncn2C1. The van der Waals surface area contributed by atoms with E-state index in [1.54, 1.807) is 12.5 Å². The van der Waals surface area contributed by atoms with E-state index in [1.165, 1.54) is 0 Å². The Morgan fingerprint density at radius 1 is 1.78 bits per heavy atom. The number of fused-ring (bicyclic) bond motifs is 1. The first-order chi connectivity index (χ1) is 4.36. The van der Waals surface area contributed by atoms with Crippen molar-refractivity contribution in [2.24, 2.45) is 0 Å². The van der Waals surface area contributed by atoms with Crippen LogP contribution in [-0.2, 0) is 13.0 Å². The minimum absolute atomic E-state index is 0.495. The zero-order chi connectivity index (χ0) is 6.27. The number of aromatic nitrogens is 2. The van der Waals surface area contributed by atoms with Crippen LogP contribution in [0.25, 0.3) is 0 Å². The van der Waals surface area contributed by atoms with Crippen LogP contribution in [0.15, 0.2) is 12.5 Å². The number of hydrogen-bond acceptors (Lipinski definition) is 1. The predicted molar refractivity (Wildman–Crippen MR) is 30.8 cm³/mol. The Hall–Kier alpha value is -0.860. The third-order valence-electron chi connectivity index (χ3n) is 1.62. The molecular formula is C6H7FN2. The Morgan fingerprint density at radius 3 is 3.44 bits per heavy atom. The first kappa shape index (κ1) is 4.97. The van der Waals surface area contributed by atoms with Crippen molar-refractivity contribution in [3.8, 4) is 0 Å². The lowest BCUT2D eigenvalue weighted by molar-refractivity contribution is 0.328. The summed E-state index contributed by atoms with van der Waals surface area (Å²) in [5.41, 5.74) is 1.02. The van der Waals surface area contributed by atoms with Gasteiger partial charge >= 0.3 is 0 Å². The maximum Gasteiger partial charge on any atom is 0.123 e. The Balaban J connectivity index is 2.39. The largest absolute Gasteiger partial charge is 0.332 e. The molecule has 0 aliphatic carbocycles. The van der Waals surface area contributed by atoms with Crippen LogP contribution in [-0.4, -0.2) is 15.7 Å². The Kier molecular flexibility index (Phi) is 0.860. The maximum absolute atomic E-state index is 12.5. The third-order valence-corrected chi connectivity index (χ3v) is 1.62. The molecule has 2 nitrogen and oxygen atoms in total. The van der Waals surface area contributed by atoms with Crippen molar-refractivity contribution in [1.82, 2.24) is 9.55 Å². The van der Waals surface area contributed by atoms with E-state index >= 15 is 0 Å². The lowest BCUT2D eigenvalue weighted by atomic mass is 10.3. The number of hydrogen-bond donors (Lipinski definition) is 0. The Bertz CT molecular complexity index is 198. The molecule has 0 bridgehead atoms. The van der Waals surface area contributed by atoms with Crippen molar-refractivity contribution in [2.75, 3.05) is 0 Å². The van der Waals surface area contributed by atoms with Gasteiger partial charge in [-0.05, 0) is 0 Å². The molecule has 0 fully saturated rings. The molecule has 9 heavy (non-hydrogen) atoms. The molecule has 48 valence electrons. The number of imidazole rings is 1. The molecule has 0 saturated heterocycles. The fourth-order valence-corrected chi connectivity index (χ4v) is 1.19. The monoisotopic (exact) mass is 126 g/mol. The van der Waals surface area contributed by atoms with Gasteiger partial charge in [0.2, 0.25) is 0 Å². The van der Waals surface area contributed by atoms with Crippen LogP contribution in [0.4, 0.5) is 4.39 Å². The quantitative estimate of drug-likeness (QED) is 0.502. The molecule has 1 aliphatic rings. The van der Waals surface area contributed by atoms with Gasteiger partial charge in [0.05, 0.1) is 12.9 Å². The average molecular weight is 126 g/mol. The highest BCUT2D eigenvalue weighted by molar-refractivity contribution is 5.05. The van der Waals surface area contributed by atoms with E-state index in [9.17, 15) is 4.39 Å². The molecule has 1 aromatic rings. The van der Waals surface area contributed by atoms with Crippen molar-refractivity contribution in [3.05, 3.63) is 18.2 Å². The van der Waals surface area contributed by atoms with Gasteiger partial charge in [0.25, 0.3) is 0 Å². The third kappa shape index (κ3) is 0.642. The van der Waals surface area contributed by atoms with E-state index < -0.39 is 6.17 Å². The van der Waals surface area contributed by atoms with Crippen LogP contribution in [0, 0.1) is 0 Å². The summed E-state index contributed by atoms with van der Waals surface area (Å²) in [4.78, 5) is 3.87. The normalized spacial score (nSPS) is 24.3. The van der Waals surface area contributed by atoms with Gasteiger partial charge in [-0.3, -0.25) is 0 Å². The van der Waals surface area contributed by atoms with Gasteiger partial charge < -0.3 is 4.57 Å². The molecule has 2 heterocycles. The molecule has 1 aliphatic heterocycles. The molecule has 0 unspecified atom stereocenters. The van der Waals surface area contributed by atoms with Crippen molar-refractivity contribution < 1.29 is 4.39 Å². The van der Waals surface area contributed by atoms with Crippen LogP contribution in [0.2, 0.25) is 0 Å². The van der Waals surface area contributed by atoms with Crippen molar-refractivity contribution in [2.45, 2.75) is 19.1 Å². The second-order valence-corrected chi connectivity index (χ2v) is 2.34. The second kappa shape index (κ2) is 1.56. The summed E-state index contributed by atoms with van der Waals surface area (Å²) >= 11 is 0. The molecule has 1 aromatic heterocycles. The number of rotatable bonds is 0. The zero-order valence-electron chi connectivity index (χ0n) is 4.92. The summed E-state index contributed by atoms with van der Waals surface area (Å²) in [6, 6.07) is 0. The van der Waals surface area contributed by atoms with E-state index in [4.69, 9.17) is 0 Å². The first-order valence-corrected chi connectivity index (χ1v) is 2.99. The van der Waals surface area contributed by atoms with E-state index in [-0.39, 0.29) is 0 Å². The molecule has 1 atom stereocenters. The van der Waals surface area contributed by atoms with Gasteiger partial charge in [-0.1, -0.05) is 0 Å². The van der Waals surface area contributed by atoms with Gasteiger partial charge in [0, 0.05) is 18.3 Å². The molecule has 0 N–H and O–H groups in total. The molecule has 2 rings (SSSR count). The van der Waals surface area contributed by atoms with Crippen LogP contribution < -0.4 is 0 Å². The first-order valence-electron chi connectivity index (χ1n) is 2.99. The smallest absolute Gasteiger partial charge is 0.123 e. The van der Waals surface area contributed by atoms with Crippen molar-refractivity contribution in [1.29, 1.82) is 0 Å². The summed E-state index contributed by atoms with van der Waals surface area (Å²) in [5.74, 6) is 0. The second-order valence-electron chi connectivity index (χ2n) is 2.34. The van der Waals surface area contributed by atoms with Crippen molar-refractivity contribution in [3.63, 3.8) is 0 Å². The minimum Gasteiger partial charge on any atom is -0.332 e. The summed E-state index contributed by atoms with van der Waals surface area (Å²) in [7, 11) is 0. The molecule has 0 saturated carbocycles. The van der Waals surface area contributed by atoms with E-state index in [2.05, 4.69) is 4.98 Å². The summed E-state index contributed by atoms with van der Waals surface area (Å²) in [6.07, 6.45) is 3.26. The number of nitrogens with zero attached hydrogens (tertiary/aromatic N) is 2. The van der Waals surface area contributed by atoms with Gasteiger partial charge in [-0.15, -0.1) is 0 Å². The lowest BCUT2D eigenvalue weighted by Crippen LogP contribution is -2.00. The van der Waals surface area contributed by atoms with Gasteiger partial charge in [0.1, 0.15) is 6.17 Å². The lowest BCUT2D eigenvalue weighted by Gasteiger charge is -1.91. The fraction of sp³-hybridized carbons (Fsp3) is 0.500. The highest BCUT2D eigenvalue weighted by Gasteiger charge is 2.19. The summed E-state index contributed by atoms with van der Waals surface area (Å²) in [6.45, 7) is 0.495. The van der Waals surface area contributed by atoms with Crippen LogP contribution in [0.3, 0.4) is 0 Å². The topological polar surface area (TPSA) is 17.8 Å². The number of alkyl halides is 1. The Labute approximate surface area is 52.3 Å². The highest BCUT2D eigenvalue weighted by atomic mass is 19.1. The Morgan fingerprint density at radius 2 is 2.67 bits per heavy atom. The van der Waals surface area contributed by atoms with Gasteiger partial charge in [0.15, 0.2) is 0 Å². The summed E-state index contributed by atoms with van der Waals surface area (Å²) in [5, 5.41) is 0. The summed E-state index contributed by atoms with van der Waals surface area (Å²) < 4.78 is 14.4. The van der Waals surface area contributed by atoms with Crippen LogP contribution in [0.1, 0.15) is 5.69 Å². The average Bonchev–Trinajstić information content (AvgIpc) is 2.22. The number of halogens is 1. The van der Waals surface area contributed by atoms with Crippen LogP contribution in [0.5, 0.6) is 0 Å². The highest BCUT2D eigenvalue weighted by Crippen LogP contribution is 2.15. The molecule has 0 aromatic carbocycles. The molecular weight excluding hydrogens is 119 g/mol. The van der Waals surface area contributed by atoms with Gasteiger partial charge in [-0.2, -0.15) is 0 Å². The fourth-order valence-electron chi connectivity index (χ4n) is 1.19. The van der Waals surface area contributed by atoms with E-state index in [0.717, 1.165) is 5.69 Å². The zero-order valence-corrected chi connectivity index (χ0v) is 4.92. The molecule has 0 amide bonds. The standard InChI is InChI=1S/C6H7FN2/c7-5-1-6-2-8-4-9(6)3-5/h2,4-5H,1,3H2/t5-/m0/s1. The minimum atomic E-state index is -0.678. The maximum atomic E-state index is 12.5. The van der Waals surface area contributed by atoms with E-state index in [1.807, 2.05) is 4.57 Å². The molecule has 0 spiro atoms. The van der Waals surface area contributed by atoms with Gasteiger partial charge in [-0.25, -0.2) is 9.37 Å². The van der Waals surface area contributed by atoms with Crippen LogP contribution >= 0.6 is 0 Å². The van der Waals surface area contributed by atoms with E-state index in [0.29, 0.717) is 13.0 Å². The molecule has 0 radical (unpaired) electrons.